The van der Waals surface area contributed by atoms with Gasteiger partial charge >= 0.3 is 0 Å². The number of halogens is 1. The number of carbonyl (C=O) groups excluding carboxylic acids is 1. The summed E-state index contributed by atoms with van der Waals surface area (Å²) in [6.45, 7) is 5.05. The second-order valence-corrected chi connectivity index (χ2v) is 4.36. The first kappa shape index (κ1) is 16.1. The number of likely N-dealkylation sites (N-methyl/N-ethyl adjacent to an activating group) is 1. The molecule has 0 fully saturated rings. The maximum Gasteiger partial charge on any atom is 0.292 e. The molecule has 1 rings (SSSR count). The zero-order chi connectivity index (χ0) is 15.1. The van der Waals surface area contributed by atoms with Gasteiger partial charge in [0.15, 0.2) is 0 Å². The zero-order valence-corrected chi connectivity index (χ0v) is 12.3. The molecule has 0 radical (unpaired) electrons. The molecular formula is C13H17ClN4O2. The number of hydrogen-bond acceptors (Lipinski definition) is 4. The molecule has 1 heterocycles. The number of aromatic nitrogens is 2. The van der Waals surface area contributed by atoms with Crippen molar-refractivity contribution in [1.29, 1.82) is 0 Å². The van der Waals surface area contributed by atoms with E-state index in [0.717, 1.165) is 4.68 Å². The van der Waals surface area contributed by atoms with Gasteiger partial charge in [0, 0.05) is 13.1 Å². The number of rotatable bonds is 6. The summed E-state index contributed by atoms with van der Waals surface area (Å²) < 4.78 is 1.11. The molecule has 0 bridgehead atoms. The van der Waals surface area contributed by atoms with Crippen molar-refractivity contribution in [1.82, 2.24) is 14.7 Å². The van der Waals surface area contributed by atoms with Gasteiger partial charge in [0.2, 0.25) is 5.91 Å². The predicted octanol–water partition coefficient (Wildman–Crippen LogP) is 0.810. The van der Waals surface area contributed by atoms with Gasteiger partial charge in [-0.25, -0.2) is 4.68 Å². The zero-order valence-electron chi connectivity index (χ0n) is 11.5. The molecule has 1 N–H and O–H groups in total. The third-order valence-corrected chi connectivity index (χ3v) is 3.06. The largest absolute Gasteiger partial charge is 0.370 e. The van der Waals surface area contributed by atoms with Crippen molar-refractivity contribution in [2.24, 2.45) is 0 Å². The van der Waals surface area contributed by atoms with E-state index in [1.54, 1.807) is 4.90 Å². The molecule has 6 nitrogen and oxygen atoms in total. The monoisotopic (exact) mass is 296 g/mol. The Morgan fingerprint density at radius 2 is 2.20 bits per heavy atom. The number of carbonyl (C=O) groups is 1. The molecule has 1 aromatic rings. The SMILES string of the molecule is C#CCn1ncc(Cl)c(NCC(=O)N(CC)CC)c1=O. The van der Waals surface area contributed by atoms with Crippen molar-refractivity contribution in [3.05, 3.63) is 21.6 Å². The lowest BCUT2D eigenvalue weighted by atomic mass is 10.4. The summed E-state index contributed by atoms with van der Waals surface area (Å²) >= 11 is 5.92. The Morgan fingerprint density at radius 1 is 1.55 bits per heavy atom. The molecule has 1 aromatic heterocycles. The average molecular weight is 297 g/mol. The summed E-state index contributed by atoms with van der Waals surface area (Å²) in [6, 6.07) is 0. The Morgan fingerprint density at radius 3 is 2.75 bits per heavy atom. The van der Waals surface area contributed by atoms with Crippen LogP contribution in [0.25, 0.3) is 0 Å². The Hall–Kier alpha value is -2.00. The van der Waals surface area contributed by atoms with Crippen molar-refractivity contribution in [3.8, 4) is 12.3 Å². The predicted molar refractivity (Wildman–Crippen MR) is 78.8 cm³/mol. The fourth-order valence-corrected chi connectivity index (χ4v) is 1.87. The molecule has 0 aromatic carbocycles. The molecule has 0 saturated carbocycles. The Bertz CT molecular complexity index is 573. The third kappa shape index (κ3) is 3.75. The van der Waals surface area contributed by atoms with Crippen LogP contribution in [0.1, 0.15) is 13.8 Å². The molecule has 0 saturated heterocycles. The number of nitrogens with one attached hydrogen (secondary N) is 1. The lowest BCUT2D eigenvalue weighted by Crippen LogP contribution is -2.36. The van der Waals surface area contributed by atoms with Crippen molar-refractivity contribution >= 4 is 23.2 Å². The average Bonchev–Trinajstić information content (AvgIpc) is 2.43. The quantitative estimate of drug-likeness (QED) is 0.789. The fraction of sp³-hybridized carbons (Fsp3) is 0.462. The van der Waals surface area contributed by atoms with Gasteiger partial charge in [0.25, 0.3) is 5.56 Å². The minimum atomic E-state index is -0.442. The number of hydrogen-bond donors (Lipinski definition) is 1. The Balaban J connectivity index is 2.88. The van der Waals surface area contributed by atoms with Gasteiger partial charge < -0.3 is 10.2 Å². The first-order valence-electron chi connectivity index (χ1n) is 6.25. The van der Waals surface area contributed by atoms with Gasteiger partial charge in [-0.15, -0.1) is 6.42 Å². The molecule has 7 heteroatoms. The van der Waals surface area contributed by atoms with Crippen LogP contribution in [-0.2, 0) is 11.3 Å². The molecule has 0 aliphatic rings. The molecule has 108 valence electrons. The van der Waals surface area contributed by atoms with Gasteiger partial charge in [-0.3, -0.25) is 9.59 Å². The van der Waals surface area contributed by atoms with E-state index in [1.165, 1.54) is 6.20 Å². The maximum absolute atomic E-state index is 12.0. The van der Waals surface area contributed by atoms with E-state index in [1.807, 2.05) is 13.8 Å². The van der Waals surface area contributed by atoms with E-state index in [9.17, 15) is 9.59 Å². The van der Waals surface area contributed by atoms with E-state index >= 15 is 0 Å². The molecule has 1 amide bonds. The maximum atomic E-state index is 12.0. The highest BCUT2D eigenvalue weighted by Crippen LogP contribution is 2.14. The minimum Gasteiger partial charge on any atom is -0.370 e. The molecule has 20 heavy (non-hydrogen) atoms. The molecule has 0 spiro atoms. The van der Waals surface area contributed by atoms with E-state index in [0.29, 0.717) is 13.1 Å². The lowest BCUT2D eigenvalue weighted by molar-refractivity contribution is -0.128. The summed E-state index contributed by atoms with van der Waals surface area (Å²) in [7, 11) is 0. The van der Waals surface area contributed by atoms with Gasteiger partial charge in [0.1, 0.15) is 12.2 Å². The van der Waals surface area contributed by atoms with Crippen molar-refractivity contribution in [3.63, 3.8) is 0 Å². The summed E-state index contributed by atoms with van der Waals surface area (Å²) in [6.07, 6.45) is 6.48. The molecule has 0 aliphatic carbocycles. The van der Waals surface area contributed by atoms with Crippen molar-refractivity contribution < 1.29 is 4.79 Å². The van der Waals surface area contributed by atoms with Crippen molar-refractivity contribution in [2.75, 3.05) is 25.0 Å². The molecule has 0 unspecified atom stereocenters. The minimum absolute atomic E-state index is 0.00327. The Labute approximate surface area is 122 Å². The Kier molecular flexibility index (Phi) is 6.07. The van der Waals surface area contributed by atoms with E-state index in [4.69, 9.17) is 18.0 Å². The topological polar surface area (TPSA) is 67.2 Å². The lowest BCUT2D eigenvalue weighted by Gasteiger charge is -2.19. The summed E-state index contributed by atoms with van der Waals surface area (Å²) in [5, 5.41) is 6.74. The smallest absolute Gasteiger partial charge is 0.292 e. The second kappa shape index (κ2) is 7.56. The van der Waals surface area contributed by atoms with E-state index in [2.05, 4.69) is 16.3 Å². The normalized spacial score (nSPS) is 9.90. The first-order chi connectivity index (χ1) is 9.54. The van der Waals surface area contributed by atoms with Crippen LogP contribution < -0.4 is 10.9 Å². The van der Waals surface area contributed by atoms with Gasteiger partial charge in [0.05, 0.1) is 17.8 Å². The molecule has 0 atom stereocenters. The first-order valence-corrected chi connectivity index (χ1v) is 6.63. The molecular weight excluding hydrogens is 280 g/mol. The summed E-state index contributed by atoms with van der Waals surface area (Å²) in [4.78, 5) is 25.6. The van der Waals surface area contributed by atoms with E-state index in [-0.39, 0.29) is 29.7 Å². The number of terminal acetylenes is 1. The van der Waals surface area contributed by atoms with Crippen LogP contribution in [0.15, 0.2) is 11.0 Å². The standard InChI is InChI=1S/C13H17ClN4O2/c1-4-7-18-13(20)12(10(14)8-16-18)15-9-11(19)17(5-2)6-3/h1,8,15H,5-7,9H2,2-3H3. The van der Waals surface area contributed by atoms with Crippen LogP contribution in [0.4, 0.5) is 5.69 Å². The number of amides is 1. The van der Waals surface area contributed by atoms with Crippen LogP contribution in [-0.4, -0.2) is 40.2 Å². The highest BCUT2D eigenvalue weighted by molar-refractivity contribution is 6.33. The summed E-state index contributed by atoms with van der Waals surface area (Å²) in [5.74, 6) is 2.22. The van der Waals surface area contributed by atoms with Crippen LogP contribution in [0.5, 0.6) is 0 Å². The van der Waals surface area contributed by atoms with Crippen LogP contribution in [0, 0.1) is 12.3 Å². The van der Waals surface area contributed by atoms with Crippen LogP contribution in [0.3, 0.4) is 0 Å². The van der Waals surface area contributed by atoms with E-state index < -0.39 is 5.56 Å². The molecule has 0 aliphatic heterocycles. The van der Waals surface area contributed by atoms with Gasteiger partial charge in [-0.05, 0) is 13.8 Å². The fourth-order valence-electron chi connectivity index (χ4n) is 1.68. The van der Waals surface area contributed by atoms with Crippen molar-refractivity contribution in [2.45, 2.75) is 20.4 Å². The summed E-state index contributed by atoms with van der Waals surface area (Å²) in [5.41, 5.74) is -0.305. The van der Waals surface area contributed by atoms with Crippen LogP contribution >= 0.6 is 11.6 Å². The second-order valence-electron chi connectivity index (χ2n) is 3.95. The number of nitrogens with zero attached hydrogens (tertiary/aromatic N) is 3. The van der Waals surface area contributed by atoms with Gasteiger partial charge in [-0.1, -0.05) is 17.5 Å². The highest BCUT2D eigenvalue weighted by Gasteiger charge is 2.13. The van der Waals surface area contributed by atoms with Crippen LogP contribution in [0.2, 0.25) is 5.02 Å². The third-order valence-electron chi connectivity index (χ3n) is 2.77. The van der Waals surface area contributed by atoms with Gasteiger partial charge in [-0.2, -0.15) is 5.10 Å². The highest BCUT2D eigenvalue weighted by atomic mass is 35.5. The number of anilines is 1.